The first kappa shape index (κ1) is 15.7. The molecular weight excluding hydrogens is 180 g/mol. The molecule has 0 heterocycles. The fourth-order valence-corrected chi connectivity index (χ4v) is 0.717. The zero-order valence-electron chi connectivity index (χ0n) is 9.79. The van der Waals surface area contributed by atoms with Crippen molar-refractivity contribution < 1.29 is 0 Å². The van der Waals surface area contributed by atoms with Crippen molar-refractivity contribution in [2.24, 2.45) is 0 Å². The van der Waals surface area contributed by atoms with Crippen molar-refractivity contribution >= 4 is 0 Å². The Kier molecular flexibility index (Phi) is 10.8. The molecule has 0 atom stereocenters. The van der Waals surface area contributed by atoms with E-state index in [4.69, 9.17) is 0 Å². The molecule has 0 saturated carbocycles. The van der Waals surface area contributed by atoms with Crippen LogP contribution >= 0.6 is 0 Å². The van der Waals surface area contributed by atoms with E-state index in [9.17, 15) is 0 Å². The van der Waals surface area contributed by atoms with Gasteiger partial charge >= 0.3 is 0 Å². The van der Waals surface area contributed by atoms with Crippen LogP contribution in [0.4, 0.5) is 0 Å². The third-order valence-electron chi connectivity index (χ3n) is 1.54. The number of hydrogen-bond donors (Lipinski definition) is 0. The number of rotatable bonds is 5. The van der Waals surface area contributed by atoms with E-state index in [0.29, 0.717) is 0 Å². The lowest BCUT2D eigenvalue weighted by Crippen LogP contribution is -1.77. The molecule has 0 radical (unpaired) electrons. The predicted octanol–water partition coefficient (Wildman–Crippen LogP) is 4.45. The molecular formula is C15H20. The van der Waals surface area contributed by atoms with Gasteiger partial charge in [0.1, 0.15) is 0 Å². The van der Waals surface area contributed by atoms with E-state index in [1.807, 2.05) is 25.2 Å². The van der Waals surface area contributed by atoms with E-state index in [1.165, 1.54) is 0 Å². The Labute approximate surface area is 94.4 Å². The number of allylic oxidation sites excluding steroid dienone is 7. The highest BCUT2D eigenvalue weighted by Crippen LogP contribution is 2.09. The van der Waals surface area contributed by atoms with Gasteiger partial charge in [0.05, 0.1) is 0 Å². The summed E-state index contributed by atoms with van der Waals surface area (Å²) in [6, 6.07) is 0. The minimum absolute atomic E-state index is 0.938. The quantitative estimate of drug-likeness (QED) is 0.454. The molecule has 0 aromatic carbocycles. The summed E-state index contributed by atoms with van der Waals surface area (Å²) in [5.74, 6) is 0. The first-order chi connectivity index (χ1) is 7.07. The van der Waals surface area contributed by atoms with Gasteiger partial charge in [-0.05, 0) is 24.5 Å². The second-order valence-electron chi connectivity index (χ2n) is 3.04. The van der Waals surface area contributed by atoms with E-state index in [0.717, 1.165) is 23.1 Å². The Balaban J connectivity index is 0. The summed E-state index contributed by atoms with van der Waals surface area (Å²) in [7, 11) is 0. The van der Waals surface area contributed by atoms with Gasteiger partial charge in [0.25, 0.3) is 0 Å². The lowest BCUT2D eigenvalue weighted by atomic mass is 10.1. The fourth-order valence-electron chi connectivity index (χ4n) is 0.717. The molecule has 0 amide bonds. The van der Waals surface area contributed by atoms with Crippen LogP contribution in [0.15, 0.2) is 60.8 Å². The molecule has 0 bridgehead atoms. The van der Waals surface area contributed by atoms with Gasteiger partial charge in [-0.15, -0.1) is 12.8 Å². The van der Waals surface area contributed by atoms with Crippen LogP contribution in [0.5, 0.6) is 0 Å². The van der Waals surface area contributed by atoms with Crippen LogP contribution in [0, 0.1) is 12.8 Å². The van der Waals surface area contributed by atoms with Crippen LogP contribution in [0.2, 0.25) is 0 Å². The van der Waals surface area contributed by atoms with Crippen LogP contribution in [0.25, 0.3) is 0 Å². The SMILES string of the molecule is C#C.C=C(C)/C=C\C(=C)C(=C)/C=C\CC. The number of hydrogen-bond acceptors (Lipinski definition) is 0. The molecule has 0 aromatic heterocycles. The molecule has 0 N–H and O–H groups in total. The Hall–Kier alpha value is -1.74. The molecule has 0 unspecified atom stereocenters. The summed E-state index contributed by atoms with van der Waals surface area (Å²) in [5, 5.41) is 0. The summed E-state index contributed by atoms with van der Waals surface area (Å²) in [4.78, 5) is 0. The van der Waals surface area contributed by atoms with E-state index >= 15 is 0 Å². The maximum atomic E-state index is 4.00. The Morgan fingerprint density at radius 2 is 1.47 bits per heavy atom. The highest BCUT2D eigenvalue weighted by Gasteiger charge is 1.89. The minimum Gasteiger partial charge on any atom is -0.124 e. The third kappa shape index (κ3) is 10.2. The van der Waals surface area contributed by atoms with Crippen molar-refractivity contribution in [2.45, 2.75) is 20.3 Å². The van der Waals surface area contributed by atoms with Crippen LogP contribution in [0.3, 0.4) is 0 Å². The summed E-state index contributed by atoms with van der Waals surface area (Å²) in [6.07, 6.45) is 17.0. The first-order valence-corrected chi connectivity index (χ1v) is 4.79. The van der Waals surface area contributed by atoms with Gasteiger partial charge in [0.15, 0.2) is 0 Å². The molecule has 0 spiro atoms. The third-order valence-corrected chi connectivity index (χ3v) is 1.54. The molecule has 15 heavy (non-hydrogen) atoms. The molecule has 0 nitrogen and oxygen atoms in total. The lowest BCUT2D eigenvalue weighted by Gasteiger charge is -1.97. The molecule has 0 aliphatic heterocycles. The number of terminal acetylenes is 1. The van der Waals surface area contributed by atoms with Crippen molar-refractivity contribution in [3.8, 4) is 12.8 Å². The van der Waals surface area contributed by atoms with Gasteiger partial charge < -0.3 is 0 Å². The highest BCUT2D eigenvalue weighted by atomic mass is 13.9. The standard InChI is InChI=1S/C13H18.C2H2/c1-6-7-8-12(4)13(5)10-9-11(2)3;1-2/h7-10H,2,4-6H2,1,3H3;1-2H/b8-7-,10-9-;. The van der Waals surface area contributed by atoms with Crippen molar-refractivity contribution in [3.63, 3.8) is 0 Å². The van der Waals surface area contributed by atoms with Crippen LogP contribution in [-0.4, -0.2) is 0 Å². The van der Waals surface area contributed by atoms with E-state index < -0.39 is 0 Å². The average molecular weight is 200 g/mol. The lowest BCUT2D eigenvalue weighted by molar-refractivity contribution is 1.22. The van der Waals surface area contributed by atoms with Crippen molar-refractivity contribution in [1.29, 1.82) is 0 Å². The smallest absolute Gasteiger partial charge is 0.0262 e. The monoisotopic (exact) mass is 200 g/mol. The maximum absolute atomic E-state index is 4.00. The van der Waals surface area contributed by atoms with E-state index in [1.54, 1.807) is 0 Å². The van der Waals surface area contributed by atoms with Crippen molar-refractivity contribution in [2.75, 3.05) is 0 Å². The second-order valence-corrected chi connectivity index (χ2v) is 3.04. The minimum atomic E-state index is 0.938. The molecule has 0 heteroatoms. The Morgan fingerprint density at radius 1 is 1.00 bits per heavy atom. The van der Waals surface area contributed by atoms with Crippen LogP contribution in [-0.2, 0) is 0 Å². The first-order valence-electron chi connectivity index (χ1n) is 4.79. The van der Waals surface area contributed by atoms with Gasteiger partial charge in [-0.1, -0.05) is 56.5 Å². The summed E-state index contributed by atoms with van der Waals surface area (Å²) >= 11 is 0. The van der Waals surface area contributed by atoms with E-state index in [2.05, 4.69) is 45.6 Å². The molecule has 0 aliphatic rings. The normalized spacial score (nSPS) is 9.60. The van der Waals surface area contributed by atoms with Crippen molar-refractivity contribution in [3.05, 3.63) is 60.8 Å². The summed E-state index contributed by atoms with van der Waals surface area (Å²) in [5.41, 5.74) is 2.92. The topological polar surface area (TPSA) is 0 Å². The van der Waals surface area contributed by atoms with Gasteiger partial charge in [0.2, 0.25) is 0 Å². The molecule has 0 fully saturated rings. The second kappa shape index (κ2) is 10.3. The summed E-state index contributed by atoms with van der Waals surface area (Å²) in [6.45, 7) is 15.6. The van der Waals surface area contributed by atoms with Crippen LogP contribution in [0.1, 0.15) is 20.3 Å². The van der Waals surface area contributed by atoms with Crippen molar-refractivity contribution in [1.82, 2.24) is 0 Å². The Bertz CT molecular complexity index is 295. The predicted molar refractivity (Wildman–Crippen MR) is 71.6 cm³/mol. The van der Waals surface area contributed by atoms with Gasteiger partial charge in [-0.2, -0.15) is 0 Å². The molecule has 0 aliphatic carbocycles. The van der Waals surface area contributed by atoms with Crippen LogP contribution < -0.4 is 0 Å². The molecule has 80 valence electrons. The summed E-state index contributed by atoms with van der Waals surface area (Å²) < 4.78 is 0. The van der Waals surface area contributed by atoms with E-state index in [-0.39, 0.29) is 0 Å². The van der Waals surface area contributed by atoms with Gasteiger partial charge in [-0.25, -0.2) is 0 Å². The molecule has 0 aromatic rings. The zero-order chi connectivity index (χ0) is 12.3. The van der Waals surface area contributed by atoms with Gasteiger partial charge in [0, 0.05) is 0 Å². The molecule has 0 saturated heterocycles. The zero-order valence-corrected chi connectivity index (χ0v) is 9.79. The van der Waals surface area contributed by atoms with Gasteiger partial charge in [-0.3, -0.25) is 0 Å². The highest BCUT2D eigenvalue weighted by molar-refractivity contribution is 5.43. The largest absolute Gasteiger partial charge is 0.124 e. The average Bonchev–Trinajstić information content (AvgIpc) is 2.25. The fraction of sp³-hybridized carbons (Fsp3) is 0.200. The Morgan fingerprint density at radius 3 is 1.87 bits per heavy atom. The maximum Gasteiger partial charge on any atom is -0.0262 e. The molecule has 0 rings (SSSR count).